The van der Waals surface area contributed by atoms with Gasteiger partial charge in [-0.1, -0.05) is 64.4 Å². The molecule has 0 amide bonds. The van der Waals surface area contributed by atoms with Gasteiger partial charge in [-0.15, -0.1) is 0 Å². The lowest BCUT2D eigenvalue weighted by Gasteiger charge is -2.03. The molecule has 0 aliphatic carbocycles. The van der Waals surface area contributed by atoms with Crippen molar-refractivity contribution in [3.05, 3.63) is 11.8 Å². The molecule has 0 atom stereocenters. The molecule has 0 fully saturated rings. The minimum Gasteiger partial charge on any atom is -0.402 e. The van der Waals surface area contributed by atoms with Gasteiger partial charge in [-0.05, 0) is 19.3 Å². The van der Waals surface area contributed by atoms with Gasteiger partial charge >= 0.3 is 0 Å². The van der Waals surface area contributed by atoms with Crippen LogP contribution >= 0.6 is 0 Å². The molecule has 0 unspecified atom stereocenters. The van der Waals surface area contributed by atoms with E-state index >= 15 is 0 Å². The van der Waals surface area contributed by atoms with Crippen LogP contribution in [0.1, 0.15) is 77.6 Å². The third kappa shape index (κ3) is 13.4. The summed E-state index contributed by atoms with van der Waals surface area (Å²) in [5.74, 6) is 0. The monoisotopic (exact) mass is 241 g/mol. The van der Waals surface area contributed by atoms with E-state index in [0.29, 0.717) is 6.42 Å². The summed E-state index contributed by atoms with van der Waals surface area (Å²) >= 11 is 0. The molecule has 0 aromatic heterocycles. The Morgan fingerprint density at radius 1 is 0.941 bits per heavy atom. The second kappa shape index (κ2) is 13.6. The highest BCUT2D eigenvalue weighted by Gasteiger charge is 1.94. The predicted molar refractivity (Wildman–Crippen MR) is 75.8 cm³/mol. The lowest BCUT2D eigenvalue weighted by molar-refractivity contribution is 0.302. The molecule has 2 nitrogen and oxygen atoms in total. The minimum atomic E-state index is 0.207. The highest BCUT2D eigenvalue weighted by Crippen LogP contribution is 2.11. The van der Waals surface area contributed by atoms with Crippen LogP contribution in [0, 0.1) is 0 Å². The average molecular weight is 241 g/mol. The number of hydrogen-bond donors (Lipinski definition) is 2. The highest BCUT2D eigenvalue weighted by atomic mass is 16.2. The third-order valence-corrected chi connectivity index (χ3v) is 3.10. The zero-order chi connectivity index (χ0) is 12.8. The largest absolute Gasteiger partial charge is 0.402 e. The normalized spacial score (nSPS) is 12.0. The van der Waals surface area contributed by atoms with Crippen LogP contribution in [0.4, 0.5) is 0 Å². The molecule has 0 aliphatic rings. The molecule has 0 spiro atoms. The molecule has 3 N–H and O–H groups in total. The maximum Gasteiger partial charge on any atom is 0.0466 e. The summed E-state index contributed by atoms with van der Waals surface area (Å²) in [6.45, 7) is 2.47. The summed E-state index contributed by atoms with van der Waals surface area (Å²) in [7, 11) is 0. The van der Waals surface area contributed by atoms with E-state index in [9.17, 15) is 0 Å². The maximum absolute atomic E-state index is 8.65. The van der Waals surface area contributed by atoms with Gasteiger partial charge in [0.05, 0.1) is 0 Å². The molecule has 2 heteroatoms. The molecule has 0 saturated heterocycles. The number of allylic oxidation sites excluding steroid dienone is 1. The molecule has 102 valence electrons. The lowest BCUT2D eigenvalue weighted by atomic mass is 10.1. The first-order valence-corrected chi connectivity index (χ1v) is 7.36. The number of rotatable bonds is 12. The average Bonchev–Trinajstić information content (AvgIpc) is 2.34. The number of aliphatic hydroxyl groups excluding tert-OH is 1. The van der Waals surface area contributed by atoms with Crippen molar-refractivity contribution in [1.82, 2.24) is 0 Å². The van der Waals surface area contributed by atoms with Gasteiger partial charge < -0.3 is 10.8 Å². The Morgan fingerprint density at radius 3 is 2.00 bits per heavy atom. The molecular formula is C15H31NO. The first kappa shape index (κ1) is 16.5. The van der Waals surface area contributed by atoms with Crippen LogP contribution in [-0.2, 0) is 0 Å². The van der Waals surface area contributed by atoms with Crippen molar-refractivity contribution in [2.24, 2.45) is 5.73 Å². The van der Waals surface area contributed by atoms with E-state index in [4.69, 9.17) is 10.8 Å². The van der Waals surface area contributed by atoms with Gasteiger partial charge in [0.15, 0.2) is 0 Å². The lowest BCUT2D eigenvalue weighted by Crippen LogP contribution is -1.97. The second-order valence-corrected chi connectivity index (χ2v) is 4.87. The van der Waals surface area contributed by atoms with E-state index in [-0.39, 0.29) is 6.61 Å². The van der Waals surface area contributed by atoms with Crippen molar-refractivity contribution >= 4 is 0 Å². The Hall–Kier alpha value is -0.500. The Labute approximate surface area is 107 Å². The van der Waals surface area contributed by atoms with E-state index in [2.05, 4.69) is 6.92 Å². The smallest absolute Gasteiger partial charge is 0.0466 e. The van der Waals surface area contributed by atoms with Gasteiger partial charge in [0.1, 0.15) is 0 Å². The third-order valence-electron chi connectivity index (χ3n) is 3.10. The number of nitrogens with two attached hydrogens (primary N) is 1. The molecule has 0 aromatic rings. The summed E-state index contributed by atoms with van der Waals surface area (Å²) in [6.07, 6.45) is 15.8. The van der Waals surface area contributed by atoms with Crippen molar-refractivity contribution in [3.63, 3.8) is 0 Å². The summed E-state index contributed by atoms with van der Waals surface area (Å²) in [5.41, 5.74) is 6.75. The molecular weight excluding hydrogens is 210 g/mol. The van der Waals surface area contributed by atoms with E-state index < -0.39 is 0 Å². The van der Waals surface area contributed by atoms with Crippen molar-refractivity contribution in [1.29, 1.82) is 0 Å². The summed E-state index contributed by atoms with van der Waals surface area (Å²) in [6, 6.07) is 0. The Morgan fingerprint density at radius 2 is 1.47 bits per heavy atom. The molecule has 0 radical (unpaired) electrons. The quantitative estimate of drug-likeness (QED) is 0.505. The summed E-state index contributed by atoms with van der Waals surface area (Å²) < 4.78 is 0. The van der Waals surface area contributed by atoms with Gasteiger partial charge in [0.25, 0.3) is 0 Å². The number of hydrogen-bond acceptors (Lipinski definition) is 2. The molecule has 0 saturated carbocycles. The Balaban J connectivity index is 3.12. The fourth-order valence-corrected chi connectivity index (χ4v) is 1.99. The van der Waals surface area contributed by atoms with Crippen LogP contribution in [0.5, 0.6) is 0 Å². The van der Waals surface area contributed by atoms with Gasteiger partial charge in [-0.3, -0.25) is 0 Å². The van der Waals surface area contributed by atoms with E-state index in [1.807, 2.05) is 6.08 Å². The fourth-order valence-electron chi connectivity index (χ4n) is 1.99. The fraction of sp³-hybridized carbons (Fsp3) is 0.867. The minimum absolute atomic E-state index is 0.207. The van der Waals surface area contributed by atoms with Gasteiger partial charge in [-0.25, -0.2) is 0 Å². The second-order valence-electron chi connectivity index (χ2n) is 4.87. The molecule has 17 heavy (non-hydrogen) atoms. The van der Waals surface area contributed by atoms with E-state index in [0.717, 1.165) is 12.1 Å². The standard InChI is InChI=1S/C15H31NO/c1-2-3-4-5-6-7-8-9-10-12-15(16)13-11-14-17/h13,17H,2-12,14,16H2,1H3. The van der Waals surface area contributed by atoms with Gasteiger partial charge in [-0.2, -0.15) is 0 Å². The first-order valence-electron chi connectivity index (χ1n) is 7.36. The van der Waals surface area contributed by atoms with Gasteiger partial charge in [0.2, 0.25) is 0 Å². The molecule has 0 rings (SSSR count). The predicted octanol–water partition coefficient (Wildman–Crippen LogP) is 4.13. The Kier molecular flexibility index (Phi) is 13.2. The van der Waals surface area contributed by atoms with Crippen molar-refractivity contribution in [3.8, 4) is 0 Å². The highest BCUT2D eigenvalue weighted by molar-refractivity contribution is 4.95. The van der Waals surface area contributed by atoms with Crippen LogP contribution in [-0.4, -0.2) is 11.7 Å². The molecule has 0 heterocycles. The Bertz CT molecular complexity index is 178. The molecule has 0 aliphatic heterocycles. The van der Waals surface area contributed by atoms with Crippen molar-refractivity contribution < 1.29 is 5.11 Å². The maximum atomic E-state index is 8.65. The van der Waals surface area contributed by atoms with Crippen LogP contribution in [0.15, 0.2) is 11.8 Å². The zero-order valence-electron chi connectivity index (χ0n) is 11.6. The van der Waals surface area contributed by atoms with Crippen LogP contribution < -0.4 is 5.73 Å². The zero-order valence-corrected chi connectivity index (χ0v) is 11.6. The summed E-state index contributed by atoms with van der Waals surface area (Å²) in [4.78, 5) is 0. The number of unbranched alkanes of at least 4 members (excludes halogenated alkanes) is 8. The van der Waals surface area contributed by atoms with Crippen LogP contribution in [0.3, 0.4) is 0 Å². The number of aliphatic hydroxyl groups is 1. The molecule has 0 aromatic carbocycles. The van der Waals surface area contributed by atoms with Crippen molar-refractivity contribution in [2.45, 2.75) is 77.6 Å². The van der Waals surface area contributed by atoms with Crippen LogP contribution in [0.25, 0.3) is 0 Å². The first-order chi connectivity index (χ1) is 8.31. The van der Waals surface area contributed by atoms with Crippen molar-refractivity contribution in [2.75, 3.05) is 6.61 Å². The SMILES string of the molecule is CCCCCCCCCCCC(N)=CCCO. The van der Waals surface area contributed by atoms with E-state index in [1.54, 1.807) is 0 Å². The van der Waals surface area contributed by atoms with Crippen LogP contribution in [0.2, 0.25) is 0 Å². The van der Waals surface area contributed by atoms with Gasteiger partial charge in [0, 0.05) is 12.3 Å². The van der Waals surface area contributed by atoms with E-state index in [1.165, 1.54) is 57.8 Å². The summed E-state index contributed by atoms with van der Waals surface area (Å²) in [5, 5.41) is 8.65. The topological polar surface area (TPSA) is 46.2 Å². The molecule has 0 bridgehead atoms.